The quantitative estimate of drug-likeness (QED) is 0.485. The predicted octanol–water partition coefficient (Wildman–Crippen LogP) is 1.96. The smallest absolute Gasteiger partial charge is 0.325 e. The molecule has 2 N–H and O–H groups in total. The summed E-state index contributed by atoms with van der Waals surface area (Å²) in [6.45, 7) is 8.69. The first-order chi connectivity index (χ1) is 11.1. The number of ether oxygens (including phenoxy) is 2. The molecule has 6 nitrogen and oxygen atoms in total. The molecule has 126 valence electrons. The van der Waals surface area contributed by atoms with Crippen molar-refractivity contribution in [2.75, 3.05) is 26.4 Å². The van der Waals surface area contributed by atoms with E-state index in [2.05, 4.69) is 11.5 Å². The normalized spacial score (nSPS) is 25.3. The molecule has 3 aliphatic heterocycles. The average molecular weight is 340 g/mol. The zero-order valence-electron chi connectivity index (χ0n) is 13.9. The van der Waals surface area contributed by atoms with Gasteiger partial charge in [0.25, 0.3) is 0 Å². The lowest BCUT2D eigenvalue weighted by Crippen LogP contribution is -2.42. The molecule has 1 saturated heterocycles. The number of rotatable bonds is 3. The Labute approximate surface area is 141 Å². The second-order valence-corrected chi connectivity index (χ2v) is 6.29. The number of allylic oxidation sites excluding steroid dienone is 1. The minimum Gasteiger partial charge on any atom is -0.380 e. The summed E-state index contributed by atoms with van der Waals surface area (Å²) < 4.78 is 13.4. The number of hydrogen-bond acceptors (Lipinski definition) is 5. The van der Waals surface area contributed by atoms with Gasteiger partial charge in [-0.1, -0.05) is 11.6 Å². The molecule has 0 aromatic carbocycles. The second kappa shape index (κ2) is 6.73. The highest BCUT2D eigenvalue weighted by Crippen LogP contribution is 2.37. The highest BCUT2D eigenvalue weighted by molar-refractivity contribution is 6.30. The van der Waals surface area contributed by atoms with Crippen LogP contribution in [0.2, 0.25) is 0 Å². The number of nitrogens with zero attached hydrogens (tertiary/aromatic N) is 3. The Bertz CT molecular complexity index is 628. The van der Waals surface area contributed by atoms with Crippen LogP contribution in [-0.4, -0.2) is 53.6 Å². The van der Waals surface area contributed by atoms with Crippen LogP contribution in [0.1, 0.15) is 33.6 Å². The Kier molecular flexibility index (Phi) is 4.87. The monoisotopic (exact) mass is 339 g/mol. The van der Waals surface area contributed by atoms with Crippen molar-refractivity contribution in [3.8, 4) is 0 Å². The molecule has 23 heavy (non-hydrogen) atoms. The Morgan fingerprint density at radius 1 is 1.39 bits per heavy atom. The van der Waals surface area contributed by atoms with Crippen LogP contribution in [0.5, 0.6) is 0 Å². The van der Waals surface area contributed by atoms with Gasteiger partial charge in [0.1, 0.15) is 0 Å². The molecule has 1 unspecified atom stereocenters. The molecule has 0 aromatic heterocycles. The molecule has 3 aliphatic rings. The number of aliphatic imine (C=N–C) groups is 1. The molecule has 3 rings (SSSR count). The van der Waals surface area contributed by atoms with Crippen molar-refractivity contribution in [2.45, 2.75) is 39.7 Å². The lowest BCUT2D eigenvalue weighted by Gasteiger charge is -2.28. The van der Waals surface area contributed by atoms with E-state index in [0.29, 0.717) is 18.4 Å². The van der Waals surface area contributed by atoms with Gasteiger partial charge in [0.2, 0.25) is 5.70 Å². The van der Waals surface area contributed by atoms with Crippen molar-refractivity contribution in [3.63, 3.8) is 0 Å². The first-order valence-electron chi connectivity index (χ1n) is 8.05. The van der Waals surface area contributed by atoms with Gasteiger partial charge in [-0.25, -0.2) is 10.4 Å². The third-order valence-electron chi connectivity index (χ3n) is 4.66. The van der Waals surface area contributed by atoms with Crippen LogP contribution in [0.25, 0.3) is 0 Å². The van der Waals surface area contributed by atoms with Gasteiger partial charge in [0.05, 0.1) is 18.9 Å². The van der Waals surface area contributed by atoms with Gasteiger partial charge in [-0.15, -0.1) is 0 Å². The Morgan fingerprint density at radius 2 is 2.09 bits per heavy atom. The van der Waals surface area contributed by atoms with Crippen molar-refractivity contribution in [1.29, 1.82) is 0 Å². The lowest BCUT2D eigenvalue weighted by molar-refractivity contribution is -0.432. The third-order valence-corrected chi connectivity index (χ3v) is 5.03. The molecule has 0 bridgehead atoms. The van der Waals surface area contributed by atoms with Crippen molar-refractivity contribution < 1.29 is 14.0 Å². The molecule has 0 radical (unpaired) electrons. The van der Waals surface area contributed by atoms with E-state index in [1.807, 2.05) is 13.8 Å². The molecule has 0 spiro atoms. The zero-order valence-corrected chi connectivity index (χ0v) is 14.7. The maximum absolute atomic E-state index is 6.47. The highest BCUT2D eigenvalue weighted by atomic mass is 35.5. The standard InChI is InChI=1S/C16H24ClN4O2/c1-4-22-9-13-19-14-15(10(2)11(3)21(18)16(14)17)20(13)12-5-7-23-8-6-12/h15H,4-9,18H2,1-3H3/q+1. The molecular weight excluding hydrogens is 316 g/mol. The van der Waals surface area contributed by atoms with Gasteiger partial charge >= 0.3 is 5.84 Å². The van der Waals surface area contributed by atoms with Gasteiger partial charge in [-0.3, -0.25) is 5.01 Å². The second-order valence-electron chi connectivity index (χ2n) is 5.93. The molecule has 0 aromatic rings. The highest BCUT2D eigenvalue weighted by Gasteiger charge is 2.47. The Hall–Kier alpha value is -1.21. The van der Waals surface area contributed by atoms with E-state index < -0.39 is 0 Å². The maximum Gasteiger partial charge on any atom is 0.325 e. The number of halogens is 1. The summed E-state index contributed by atoms with van der Waals surface area (Å²) in [4.78, 5) is 4.77. The van der Waals surface area contributed by atoms with Gasteiger partial charge in [0.15, 0.2) is 17.8 Å². The van der Waals surface area contributed by atoms with Crippen molar-refractivity contribution in [3.05, 3.63) is 22.1 Å². The Morgan fingerprint density at radius 3 is 2.74 bits per heavy atom. The number of amidine groups is 1. The molecule has 3 heterocycles. The van der Waals surface area contributed by atoms with Gasteiger partial charge in [-0.05, 0) is 25.8 Å². The summed E-state index contributed by atoms with van der Waals surface area (Å²) >= 11 is 6.47. The zero-order chi connectivity index (χ0) is 16.6. The molecule has 7 heteroatoms. The predicted molar refractivity (Wildman–Crippen MR) is 90.3 cm³/mol. The molecular formula is C16H24ClN4O2+. The van der Waals surface area contributed by atoms with Crippen LogP contribution < -0.4 is 5.84 Å². The minimum atomic E-state index is 0.0193. The largest absolute Gasteiger partial charge is 0.380 e. The van der Waals surface area contributed by atoms with Crippen LogP contribution in [0.15, 0.2) is 27.1 Å². The van der Waals surface area contributed by atoms with Gasteiger partial charge < -0.3 is 9.47 Å². The van der Waals surface area contributed by atoms with E-state index in [4.69, 9.17) is 31.9 Å². The minimum absolute atomic E-state index is 0.0193. The number of hydrogen-bond donors (Lipinski definition) is 1. The summed E-state index contributed by atoms with van der Waals surface area (Å²) in [6.07, 6.45) is 1.82. The van der Waals surface area contributed by atoms with Crippen molar-refractivity contribution in [2.24, 2.45) is 10.8 Å². The summed E-state index contributed by atoms with van der Waals surface area (Å²) in [7, 11) is 0. The molecule has 0 saturated carbocycles. The van der Waals surface area contributed by atoms with E-state index in [9.17, 15) is 0 Å². The van der Waals surface area contributed by atoms with Crippen LogP contribution in [0, 0.1) is 0 Å². The van der Waals surface area contributed by atoms with E-state index in [0.717, 1.165) is 43.3 Å². The van der Waals surface area contributed by atoms with Crippen LogP contribution >= 0.6 is 11.6 Å². The van der Waals surface area contributed by atoms with E-state index >= 15 is 0 Å². The number of hydrazine groups is 1. The SMILES string of the molecule is CCOCC1=NC2=C(Cl)N(N)C(C)=C(C)C2[N+]1=C1CCOCC1. The first-order valence-corrected chi connectivity index (χ1v) is 8.42. The Balaban J connectivity index is 2.10. The molecule has 0 amide bonds. The maximum atomic E-state index is 6.47. The van der Waals surface area contributed by atoms with E-state index in [1.54, 1.807) is 0 Å². The van der Waals surface area contributed by atoms with Crippen LogP contribution in [0.3, 0.4) is 0 Å². The number of fused-ring (bicyclic) bond motifs is 1. The van der Waals surface area contributed by atoms with Crippen molar-refractivity contribution >= 4 is 23.1 Å². The number of nitrogens with two attached hydrogens (primary N) is 1. The molecule has 1 atom stereocenters. The summed E-state index contributed by atoms with van der Waals surface area (Å²) in [5.41, 5.74) is 4.28. The van der Waals surface area contributed by atoms with Crippen LogP contribution in [0.4, 0.5) is 0 Å². The summed E-state index contributed by atoms with van der Waals surface area (Å²) in [5, 5.41) is 2.00. The topological polar surface area (TPSA) is 63.1 Å². The lowest BCUT2D eigenvalue weighted by atomic mass is 10.00. The fourth-order valence-corrected chi connectivity index (χ4v) is 3.52. The van der Waals surface area contributed by atoms with Crippen LogP contribution in [-0.2, 0) is 9.47 Å². The van der Waals surface area contributed by atoms with E-state index in [1.165, 1.54) is 16.3 Å². The average Bonchev–Trinajstić information content (AvgIpc) is 2.96. The summed E-state index contributed by atoms with van der Waals surface area (Å²) in [6, 6.07) is 0.0193. The van der Waals surface area contributed by atoms with Crippen molar-refractivity contribution in [1.82, 2.24) is 5.01 Å². The van der Waals surface area contributed by atoms with Gasteiger partial charge in [-0.2, -0.15) is 0 Å². The molecule has 1 fully saturated rings. The van der Waals surface area contributed by atoms with Gasteiger partial charge in [0, 0.05) is 30.7 Å². The first kappa shape index (κ1) is 16.6. The summed E-state index contributed by atoms with van der Waals surface area (Å²) in [5.74, 6) is 6.98. The fraction of sp³-hybridized carbons (Fsp3) is 0.625. The molecule has 0 aliphatic carbocycles. The fourth-order valence-electron chi connectivity index (χ4n) is 3.25. The van der Waals surface area contributed by atoms with E-state index in [-0.39, 0.29) is 6.04 Å². The third kappa shape index (κ3) is 2.85.